The maximum atomic E-state index is 12.4. The molecule has 0 aliphatic carbocycles. The maximum absolute atomic E-state index is 12.4. The summed E-state index contributed by atoms with van der Waals surface area (Å²) in [7, 11) is 0. The van der Waals surface area contributed by atoms with Crippen molar-refractivity contribution in [3.8, 4) is 5.75 Å². The first-order valence-corrected chi connectivity index (χ1v) is 10.6. The third kappa shape index (κ3) is 13.2. The van der Waals surface area contributed by atoms with Crippen LogP contribution in [0.5, 0.6) is 5.75 Å². The molecular weight excluding hydrogens is 412 g/mol. The van der Waals surface area contributed by atoms with Gasteiger partial charge < -0.3 is 18.9 Å². The highest BCUT2D eigenvalue weighted by molar-refractivity contribution is 5.89. The third-order valence-corrected chi connectivity index (χ3v) is 3.89. The lowest BCUT2D eigenvalue weighted by molar-refractivity contribution is -0.145. The Balaban J connectivity index is 2.47. The van der Waals surface area contributed by atoms with Crippen LogP contribution in [0, 0.1) is 0 Å². The normalized spacial score (nSPS) is 12.3. The summed E-state index contributed by atoms with van der Waals surface area (Å²) >= 11 is 0. The van der Waals surface area contributed by atoms with Crippen molar-refractivity contribution in [3.05, 3.63) is 66.3 Å². The lowest BCUT2D eigenvalue weighted by atomic mass is 10.2. The van der Waals surface area contributed by atoms with Gasteiger partial charge in [0.15, 0.2) is 6.10 Å². The summed E-state index contributed by atoms with van der Waals surface area (Å²) in [5.74, 6) is -1.19. The Morgan fingerprint density at radius 3 is 2.12 bits per heavy atom. The van der Waals surface area contributed by atoms with E-state index in [9.17, 15) is 14.4 Å². The zero-order chi connectivity index (χ0) is 23.6. The lowest BCUT2D eigenvalue weighted by Crippen LogP contribution is -2.29. The van der Waals surface area contributed by atoms with Gasteiger partial charge in [0.25, 0.3) is 0 Å². The molecule has 7 nitrogen and oxygen atoms in total. The molecule has 0 saturated heterocycles. The molecule has 0 amide bonds. The van der Waals surface area contributed by atoms with Gasteiger partial charge in [-0.25, -0.2) is 4.79 Å². The predicted molar refractivity (Wildman–Crippen MR) is 121 cm³/mol. The number of hydrogen-bond donors (Lipinski definition) is 0. The molecule has 1 aromatic carbocycles. The smallest absolute Gasteiger partial charge is 0.338 e. The molecule has 0 aromatic heterocycles. The van der Waals surface area contributed by atoms with E-state index in [2.05, 4.69) is 13.0 Å². The number of esters is 3. The summed E-state index contributed by atoms with van der Waals surface area (Å²) in [5.41, 5.74) is 0.274. The molecule has 0 bridgehead atoms. The molecule has 0 aliphatic rings. The van der Waals surface area contributed by atoms with E-state index in [-0.39, 0.29) is 18.8 Å². The van der Waals surface area contributed by atoms with Crippen molar-refractivity contribution in [1.82, 2.24) is 0 Å². The predicted octanol–water partition coefficient (Wildman–Crippen LogP) is 4.58. The van der Waals surface area contributed by atoms with Crippen LogP contribution in [-0.2, 0) is 23.8 Å². The highest BCUT2D eigenvalue weighted by Gasteiger charge is 2.18. The molecule has 32 heavy (non-hydrogen) atoms. The molecule has 0 radical (unpaired) electrons. The second-order valence-electron chi connectivity index (χ2n) is 6.84. The molecule has 0 aliphatic heterocycles. The van der Waals surface area contributed by atoms with Crippen molar-refractivity contribution < 1.29 is 33.3 Å². The molecule has 1 aromatic rings. The van der Waals surface area contributed by atoms with E-state index in [1.54, 1.807) is 0 Å². The number of ether oxygens (including phenoxy) is 4. The molecule has 0 N–H and O–H groups in total. The van der Waals surface area contributed by atoms with Gasteiger partial charge in [0.2, 0.25) is 0 Å². The van der Waals surface area contributed by atoms with Crippen LogP contribution in [0.4, 0.5) is 0 Å². The molecule has 1 atom stereocenters. The van der Waals surface area contributed by atoms with Gasteiger partial charge in [-0.05, 0) is 37.1 Å². The van der Waals surface area contributed by atoms with Gasteiger partial charge >= 0.3 is 17.9 Å². The molecule has 0 heterocycles. The van der Waals surface area contributed by atoms with Crippen LogP contribution >= 0.6 is 0 Å². The van der Waals surface area contributed by atoms with Crippen LogP contribution in [0.25, 0.3) is 0 Å². The standard InChI is InChI=1S/C25H32O7/c1-4-5-6-7-8-9-10-11-12-17-29-18-24(19-30-20(2)26)32-25(28)22-13-15-23(16-14-22)31-21(3)27/h6-11,13-16,24H,4-5,12,17-19H2,1-3H3/b7-6+,9-8+,11-10+/t24-/m1/s1. The van der Waals surface area contributed by atoms with E-state index in [0.717, 1.165) is 12.8 Å². The Morgan fingerprint density at radius 2 is 1.53 bits per heavy atom. The molecule has 0 unspecified atom stereocenters. The quantitative estimate of drug-likeness (QED) is 0.180. The van der Waals surface area contributed by atoms with E-state index in [1.165, 1.54) is 38.1 Å². The first-order valence-electron chi connectivity index (χ1n) is 10.6. The van der Waals surface area contributed by atoms with Gasteiger partial charge in [-0.15, -0.1) is 0 Å². The van der Waals surface area contributed by atoms with Gasteiger partial charge in [0.05, 0.1) is 18.8 Å². The summed E-state index contributed by atoms with van der Waals surface area (Å²) in [5, 5.41) is 0. The van der Waals surface area contributed by atoms with Crippen molar-refractivity contribution in [2.75, 3.05) is 19.8 Å². The van der Waals surface area contributed by atoms with Gasteiger partial charge in [-0.1, -0.05) is 49.8 Å². The third-order valence-electron chi connectivity index (χ3n) is 3.89. The lowest BCUT2D eigenvalue weighted by Gasteiger charge is -2.17. The van der Waals surface area contributed by atoms with Gasteiger partial charge in [0.1, 0.15) is 12.4 Å². The van der Waals surface area contributed by atoms with Crippen LogP contribution in [0.15, 0.2) is 60.7 Å². The highest BCUT2D eigenvalue weighted by Crippen LogP contribution is 2.14. The van der Waals surface area contributed by atoms with Crippen LogP contribution in [0.1, 0.15) is 50.4 Å². The van der Waals surface area contributed by atoms with Crippen molar-refractivity contribution in [2.24, 2.45) is 0 Å². The van der Waals surface area contributed by atoms with Crippen molar-refractivity contribution in [3.63, 3.8) is 0 Å². The summed E-state index contributed by atoms with van der Waals surface area (Å²) in [6.07, 6.45) is 14.1. The van der Waals surface area contributed by atoms with Gasteiger partial charge in [0, 0.05) is 13.8 Å². The van der Waals surface area contributed by atoms with Crippen molar-refractivity contribution in [2.45, 2.75) is 46.1 Å². The van der Waals surface area contributed by atoms with E-state index in [4.69, 9.17) is 18.9 Å². The zero-order valence-corrected chi connectivity index (χ0v) is 19.0. The minimum absolute atomic E-state index is 0.0913. The van der Waals surface area contributed by atoms with E-state index >= 15 is 0 Å². The summed E-state index contributed by atoms with van der Waals surface area (Å²) in [4.78, 5) is 34.5. The molecule has 174 valence electrons. The second kappa shape index (κ2) is 16.5. The average Bonchev–Trinajstić information content (AvgIpc) is 2.75. The number of benzene rings is 1. The summed E-state index contributed by atoms with van der Waals surface area (Å²) in [6.45, 7) is 5.13. The Hall–Kier alpha value is -3.19. The Labute approximate surface area is 189 Å². The van der Waals surface area contributed by atoms with Crippen molar-refractivity contribution in [1.29, 1.82) is 0 Å². The number of carbonyl (C=O) groups excluding carboxylic acids is 3. The van der Waals surface area contributed by atoms with E-state index in [0.29, 0.717) is 18.8 Å². The molecule has 0 spiro atoms. The molecule has 0 saturated carbocycles. The van der Waals surface area contributed by atoms with E-state index < -0.39 is 24.0 Å². The average molecular weight is 445 g/mol. The first kappa shape index (κ1) is 26.8. The Bertz CT molecular complexity index is 791. The fourth-order valence-electron chi connectivity index (χ4n) is 2.38. The van der Waals surface area contributed by atoms with Gasteiger partial charge in [-0.2, -0.15) is 0 Å². The largest absolute Gasteiger partial charge is 0.462 e. The van der Waals surface area contributed by atoms with Crippen LogP contribution in [0.3, 0.4) is 0 Å². The molecule has 1 rings (SSSR count). The minimum atomic E-state index is -0.743. The number of hydrogen-bond acceptors (Lipinski definition) is 7. The molecular formula is C25H32O7. The number of rotatable bonds is 14. The number of unbranched alkanes of at least 4 members (excludes halogenated alkanes) is 1. The van der Waals surface area contributed by atoms with Crippen LogP contribution < -0.4 is 4.74 Å². The molecule has 7 heteroatoms. The topological polar surface area (TPSA) is 88.1 Å². The monoisotopic (exact) mass is 444 g/mol. The Morgan fingerprint density at radius 1 is 0.875 bits per heavy atom. The summed E-state index contributed by atoms with van der Waals surface area (Å²) < 4.78 is 20.9. The Kier molecular flexibility index (Phi) is 13.8. The maximum Gasteiger partial charge on any atom is 0.338 e. The number of carbonyl (C=O) groups is 3. The first-order chi connectivity index (χ1) is 15.4. The molecule has 0 fully saturated rings. The summed E-state index contributed by atoms with van der Waals surface area (Å²) in [6, 6.07) is 5.96. The minimum Gasteiger partial charge on any atom is -0.462 e. The second-order valence-corrected chi connectivity index (χ2v) is 6.84. The number of allylic oxidation sites excluding steroid dienone is 5. The SMILES string of the molecule is CCC/C=C/C=C/C=C/CCOC[C@H](COC(C)=O)OC(=O)c1ccc(OC(C)=O)cc1. The van der Waals surface area contributed by atoms with Crippen LogP contribution in [0.2, 0.25) is 0 Å². The zero-order valence-electron chi connectivity index (χ0n) is 19.0. The fourth-order valence-corrected chi connectivity index (χ4v) is 2.38. The van der Waals surface area contributed by atoms with Crippen molar-refractivity contribution >= 4 is 17.9 Å². The van der Waals surface area contributed by atoms with E-state index in [1.807, 2.05) is 30.4 Å². The van der Waals surface area contributed by atoms with Crippen LogP contribution in [-0.4, -0.2) is 43.8 Å². The highest BCUT2D eigenvalue weighted by atomic mass is 16.6. The van der Waals surface area contributed by atoms with Gasteiger partial charge in [-0.3, -0.25) is 9.59 Å². The fraction of sp³-hybridized carbons (Fsp3) is 0.400.